The van der Waals surface area contributed by atoms with Gasteiger partial charge in [0.05, 0.1) is 0 Å². The number of carbonyl (C=O) groups is 1. The second kappa shape index (κ2) is 7.21. The van der Waals surface area contributed by atoms with Gasteiger partial charge in [-0.25, -0.2) is 0 Å². The molecule has 0 bridgehead atoms. The zero-order valence-electron chi connectivity index (χ0n) is 13.3. The first-order valence-electron chi connectivity index (χ1n) is 7.78. The number of anilines is 1. The molecule has 0 aromatic heterocycles. The summed E-state index contributed by atoms with van der Waals surface area (Å²) in [5.41, 5.74) is 2.90. The predicted octanol–water partition coefficient (Wildman–Crippen LogP) is 3.83. The lowest BCUT2D eigenvalue weighted by Crippen LogP contribution is -2.45. The lowest BCUT2D eigenvalue weighted by molar-refractivity contribution is 0.0943. The molecule has 0 spiro atoms. The van der Waals surface area contributed by atoms with Crippen molar-refractivity contribution in [1.82, 2.24) is 5.32 Å². The van der Waals surface area contributed by atoms with Crippen LogP contribution in [-0.2, 0) is 0 Å². The number of rotatable bonds is 7. The zero-order chi connectivity index (χ0) is 15.3. The van der Waals surface area contributed by atoms with Crippen LogP contribution in [0.3, 0.4) is 0 Å². The molecule has 2 rings (SSSR count). The van der Waals surface area contributed by atoms with Crippen LogP contribution in [0.25, 0.3) is 0 Å². The van der Waals surface area contributed by atoms with E-state index < -0.39 is 0 Å². The van der Waals surface area contributed by atoms with Crippen LogP contribution in [0, 0.1) is 6.92 Å². The lowest BCUT2D eigenvalue weighted by Gasteiger charge is -2.40. The number of aryl methyl sites for hydroxylation is 1. The van der Waals surface area contributed by atoms with E-state index in [1.165, 1.54) is 19.3 Å². The number of benzene rings is 1. The molecular weight excluding hydrogens is 280 g/mol. The van der Waals surface area contributed by atoms with Crippen LogP contribution >= 0.6 is 11.8 Å². The van der Waals surface area contributed by atoms with Crippen LogP contribution in [0.1, 0.15) is 48.5 Å². The second-order valence-electron chi connectivity index (χ2n) is 5.88. The second-order valence-corrected chi connectivity index (χ2v) is 7.15. The summed E-state index contributed by atoms with van der Waals surface area (Å²) in [7, 11) is 0. The summed E-state index contributed by atoms with van der Waals surface area (Å²) in [5, 5.41) is 6.47. The highest BCUT2D eigenvalue weighted by Gasteiger charge is 2.36. The molecule has 4 heteroatoms. The van der Waals surface area contributed by atoms with Crippen molar-refractivity contribution in [3.8, 4) is 0 Å². The molecule has 1 fully saturated rings. The van der Waals surface area contributed by atoms with E-state index in [4.69, 9.17) is 0 Å². The van der Waals surface area contributed by atoms with Crippen molar-refractivity contribution in [2.45, 2.75) is 44.3 Å². The van der Waals surface area contributed by atoms with Crippen molar-refractivity contribution < 1.29 is 4.79 Å². The van der Waals surface area contributed by atoms with Crippen LogP contribution < -0.4 is 10.6 Å². The Balaban J connectivity index is 1.95. The Hall–Kier alpha value is -1.16. The topological polar surface area (TPSA) is 41.1 Å². The third kappa shape index (κ3) is 3.94. The molecule has 0 heterocycles. The van der Waals surface area contributed by atoms with Crippen molar-refractivity contribution in [1.29, 1.82) is 0 Å². The molecule has 0 atom stereocenters. The first-order valence-corrected chi connectivity index (χ1v) is 9.00. The first-order chi connectivity index (χ1) is 10.1. The molecule has 2 N–H and O–H groups in total. The van der Waals surface area contributed by atoms with Crippen molar-refractivity contribution >= 4 is 23.4 Å². The van der Waals surface area contributed by atoms with Gasteiger partial charge in [-0.3, -0.25) is 4.79 Å². The van der Waals surface area contributed by atoms with Crippen LogP contribution in [0.15, 0.2) is 18.2 Å². The fourth-order valence-electron chi connectivity index (χ4n) is 2.66. The van der Waals surface area contributed by atoms with E-state index >= 15 is 0 Å². The van der Waals surface area contributed by atoms with Crippen molar-refractivity contribution in [3.05, 3.63) is 29.3 Å². The molecule has 1 saturated carbocycles. The van der Waals surface area contributed by atoms with E-state index in [9.17, 15) is 4.79 Å². The van der Waals surface area contributed by atoms with E-state index in [0.29, 0.717) is 0 Å². The summed E-state index contributed by atoms with van der Waals surface area (Å²) >= 11 is 1.89. The van der Waals surface area contributed by atoms with Gasteiger partial charge >= 0.3 is 0 Å². The monoisotopic (exact) mass is 306 g/mol. The van der Waals surface area contributed by atoms with Crippen LogP contribution in [0.5, 0.6) is 0 Å². The van der Waals surface area contributed by atoms with E-state index in [1.807, 2.05) is 30.8 Å². The zero-order valence-corrected chi connectivity index (χ0v) is 14.1. The van der Waals surface area contributed by atoms with E-state index in [1.54, 1.807) is 0 Å². The van der Waals surface area contributed by atoms with Gasteiger partial charge in [-0.05, 0) is 56.2 Å². The van der Waals surface area contributed by atoms with Crippen LogP contribution in [-0.4, -0.2) is 30.0 Å². The minimum atomic E-state index is 0.0508. The summed E-state index contributed by atoms with van der Waals surface area (Å²) in [6.07, 6.45) is 6.96. The number of thioether (sulfide) groups is 1. The molecule has 1 aliphatic rings. The smallest absolute Gasteiger partial charge is 0.251 e. The third-order valence-corrected chi connectivity index (χ3v) is 5.74. The highest BCUT2D eigenvalue weighted by Crippen LogP contribution is 2.42. The first kappa shape index (κ1) is 16.2. The fraction of sp³-hybridized carbons (Fsp3) is 0.588. The third-order valence-electron chi connectivity index (χ3n) is 4.32. The van der Waals surface area contributed by atoms with Crippen LogP contribution in [0.4, 0.5) is 5.69 Å². The molecule has 116 valence electrons. The Labute approximate surface area is 132 Å². The quantitative estimate of drug-likeness (QED) is 0.804. The predicted molar refractivity (Wildman–Crippen MR) is 92.4 cm³/mol. The van der Waals surface area contributed by atoms with Crippen molar-refractivity contribution in [2.24, 2.45) is 0 Å². The molecule has 1 amide bonds. The Bertz CT molecular complexity index is 492. The molecular formula is C17H26N2OS. The average Bonchev–Trinajstić information content (AvgIpc) is 2.44. The maximum Gasteiger partial charge on any atom is 0.251 e. The summed E-state index contributed by atoms with van der Waals surface area (Å²) in [6.45, 7) is 5.88. The number of nitrogens with one attached hydrogen (secondary N) is 2. The van der Waals surface area contributed by atoms with Gasteiger partial charge in [0, 0.05) is 29.1 Å². The minimum Gasteiger partial charge on any atom is -0.385 e. The molecule has 1 aromatic rings. The normalized spacial score (nSPS) is 16.1. The Morgan fingerprint density at radius 3 is 2.67 bits per heavy atom. The van der Waals surface area contributed by atoms with Gasteiger partial charge in [0.15, 0.2) is 0 Å². The standard InChI is InChI=1S/C17H26N2OS/c1-4-10-18-14-6-7-15(13(2)11-14)16(20)19-12-17(21-3)8-5-9-17/h6-7,11,18H,4-5,8-10,12H2,1-3H3,(H,19,20). The molecule has 21 heavy (non-hydrogen) atoms. The summed E-state index contributed by atoms with van der Waals surface area (Å²) in [4.78, 5) is 12.4. The molecule has 0 saturated heterocycles. The highest BCUT2D eigenvalue weighted by molar-refractivity contribution is 8.00. The van der Waals surface area contributed by atoms with Crippen molar-refractivity contribution in [2.75, 3.05) is 24.7 Å². The van der Waals surface area contributed by atoms with E-state index in [2.05, 4.69) is 29.9 Å². The number of carbonyl (C=O) groups excluding carboxylic acids is 1. The molecule has 1 aliphatic carbocycles. The Morgan fingerprint density at radius 1 is 1.38 bits per heavy atom. The van der Waals surface area contributed by atoms with Gasteiger partial charge in [0.1, 0.15) is 0 Å². The largest absolute Gasteiger partial charge is 0.385 e. The van der Waals surface area contributed by atoms with Crippen molar-refractivity contribution in [3.63, 3.8) is 0 Å². The van der Waals surface area contributed by atoms with Crippen LogP contribution in [0.2, 0.25) is 0 Å². The summed E-state index contributed by atoms with van der Waals surface area (Å²) in [6, 6.07) is 5.97. The number of hydrogen-bond donors (Lipinski definition) is 2. The van der Waals surface area contributed by atoms with Gasteiger partial charge in [-0.2, -0.15) is 11.8 Å². The van der Waals surface area contributed by atoms with Gasteiger partial charge < -0.3 is 10.6 Å². The van der Waals surface area contributed by atoms with Gasteiger partial charge in [-0.1, -0.05) is 13.3 Å². The molecule has 0 unspecified atom stereocenters. The minimum absolute atomic E-state index is 0.0508. The fourth-order valence-corrected chi connectivity index (χ4v) is 3.57. The van der Waals surface area contributed by atoms with E-state index in [0.717, 1.165) is 36.3 Å². The van der Waals surface area contributed by atoms with Gasteiger partial charge in [0.2, 0.25) is 0 Å². The maximum atomic E-state index is 12.4. The SMILES string of the molecule is CCCNc1ccc(C(=O)NCC2(SC)CCC2)c(C)c1. The summed E-state index contributed by atoms with van der Waals surface area (Å²) < 4.78 is 0.284. The lowest BCUT2D eigenvalue weighted by atomic mass is 9.84. The maximum absolute atomic E-state index is 12.4. The molecule has 3 nitrogen and oxygen atoms in total. The average molecular weight is 306 g/mol. The molecule has 0 aliphatic heterocycles. The highest BCUT2D eigenvalue weighted by atomic mass is 32.2. The number of amides is 1. The van der Waals surface area contributed by atoms with Gasteiger partial charge in [0.25, 0.3) is 5.91 Å². The Kier molecular flexibility index (Phi) is 5.57. The Morgan fingerprint density at radius 2 is 2.14 bits per heavy atom. The van der Waals surface area contributed by atoms with Gasteiger partial charge in [-0.15, -0.1) is 0 Å². The molecule has 0 radical (unpaired) electrons. The molecule has 1 aromatic carbocycles. The number of hydrogen-bond acceptors (Lipinski definition) is 3. The summed E-state index contributed by atoms with van der Waals surface area (Å²) in [5.74, 6) is 0.0508. The van der Waals surface area contributed by atoms with E-state index in [-0.39, 0.29) is 10.7 Å².